The highest BCUT2D eigenvalue weighted by atomic mass is 16.5. The van der Waals surface area contributed by atoms with E-state index in [0.29, 0.717) is 24.0 Å². The highest BCUT2D eigenvalue weighted by molar-refractivity contribution is 5.63. The van der Waals surface area contributed by atoms with E-state index in [-0.39, 0.29) is 11.4 Å². The van der Waals surface area contributed by atoms with Gasteiger partial charge in [0.05, 0.1) is 18.3 Å². The Labute approximate surface area is 179 Å². The third-order valence-electron chi connectivity index (χ3n) is 5.91. The molecule has 2 N–H and O–H groups in total. The van der Waals surface area contributed by atoms with E-state index in [1.165, 1.54) is 5.56 Å². The van der Waals surface area contributed by atoms with Crippen LogP contribution in [-0.4, -0.2) is 43.4 Å². The number of ether oxygens (including phenoxy) is 1. The fourth-order valence-corrected chi connectivity index (χ4v) is 3.95. The summed E-state index contributed by atoms with van der Waals surface area (Å²) in [5.74, 6) is 1.42. The predicted octanol–water partition coefficient (Wildman–Crippen LogP) is 3.09. The lowest BCUT2D eigenvalue weighted by atomic mass is 9.64. The van der Waals surface area contributed by atoms with Gasteiger partial charge < -0.3 is 19.6 Å². The summed E-state index contributed by atoms with van der Waals surface area (Å²) in [6.45, 7) is 1.34. The number of hydrogen-bond acceptors (Lipinski definition) is 8. The van der Waals surface area contributed by atoms with Crippen molar-refractivity contribution in [2.24, 2.45) is 0 Å². The number of anilines is 1. The molecular weight excluding hydrogens is 394 g/mol. The molecule has 0 aliphatic heterocycles. The summed E-state index contributed by atoms with van der Waals surface area (Å²) >= 11 is 0. The van der Waals surface area contributed by atoms with Crippen molar-refractivity contribution in [1.29, 1.82) is 0 Å². The maximum Gasteiger partial charge on any atom is 0.278 e. The molecule has 1 aliphatic rings. The predicted molar refractivity (Wildman–Crippen MR) is 114 cm³/mol. The molecule has 1 saturated carbocycles. The van der Waals surface area contributed by atoms with Gasteiger partial charge in [0, 0.05) is 37.8 Å². The summed E-state index contributed by atoms with van der Waals surface area (Å²) in [6, 6.07) is 8.40. The number of aromatic nitrogens is 6. The van der Waals surface area contributed by atoms with Crippen molar-refractivity contribution in [2.45, 2.75) is 31.2 Å². The van der Waals surface area contributed by atoms with Gasteiger partial charge in [-0.05, 0) is 24.0 Å². The lowest BCUT2D eigenvalue weighted by Crippen LogP contribution is -2.36. The van der Waals surface area contributed by atoms with Gasteiger partial charge in [0.15, 0.2) is 5.82 Å². The van der Waals surface area contributed by atoms with Gasteiger partial charge in [-0.25, -0.2) is 15.0 Å². The first-order valence-electron chi connectivity index (χ1n) is 10.2. The van der Waals surface area contributed by atoms with E-state index in [1.54, 1.807) is 25.8 Å². The number of hydrogen-bond donors (Lipinski definition) is 1. The van der Waals surface area contributed by atoms with Crippen molar-refractivity contribution in [3.8, 4) is 22.7 Å². The van der Waals surface area contributed by atoms with Crippen LogP contribution in [0.25, 0.3) is 22.7 Å². The Bertz CT molecular complexity index is 1160. The molecule has 0 spiro atoms. The maximum atomic E-state index is 5.59. The van der Waals surface area contributed by atoms with E-state index in [0.717, 1.165) is 36.9 Å². The number of rotatable bonds is 7. The second-order valence-corrected chi connectivity index (χ2v) is 7.76. The minimum Gasteiger partial charge on any atom is -0.383 e. The zero-order valence-electron chi connectivity index (χ0n) is 17.2. The van der Waals surface area contributed by atoms with Crippen LogP contribution in [-0.2, 0) is 16.7 Å². The van der Waals surface area contributed by atoms with Crippen LogP contribution in [0.15, 0.2) is 53.7 Å². The molecule has 9 heteroatoms. The largest absolute Gasteiger partial charge is 0.383 e. The van der Waals surface area contributed by atoms with E-state index in [9.17, 15) is 0 Å². The summed E-state index contributed by atoms with van der Waals surface area (Å²) in [4.78, 5) is 17.3. The van der Waals surface area contributed by atoms with Crippen LogP contribution in [0.4, 0.5) is 5.95 Å². The van der Waals surface area contributed by atoms with Crippen LogP contribution >= 0.6 is 0 Å². The second kappa shape index (κ2) is 7.92. The number of nitrogen functional groups attached to an aromatic ring is 1. The van der Waals surface area contributed by atoms with Crippen LogP contribution in [0, 0.1) is 0 Å². The molecule has 0 saturated heterocycles. The summed E-state index contributed by atoms with van der Waals surface area (Å²) in [6.07, 6.45) is 10.2. The van der Waals surface area contributed by atoms with Gasteiger partial charge >= 0.3 is 0 Å². The molecule has 0 bridgehead atoms. The van der Waals surface area contributed by atoms with Crippen molar-refractivity contribution in [3.05, 3.63) is 60.6 Å². The average molecular weight is 417 g/mol. The Balaban J connectivity index is 1.40. The zero-order chi connectivity index (χ0) is 21.3. The number of imidazole rings is 1. The molecule has 4 aromatic rings. The van der Waals surface area contributed by atoms with Crippen molar-refractivity contribution >= 4 is 5.95 Å². The Morgan fingerprint density at radius 3 is 2.55 bits per heavy atom. The minimum absolute atomic E-state index is 0.226. The normalized spacial score (nSPS) is 15.0. The van der Waals surface area contributed by atoms with Crippen molar-refractivity contribution in [3.63, 3.8) is 0 Å². The first-order valence-corrected chi connectivity index (χ1v) is 10.2. The Morgan fingerprint density at radius 1 is 1.10 bits per heavy atom. The van der Waals surface area contributed by atoms with E-state index in [4.69, 9.17) is 20.0 Å². The lowest BCUT2D eigenvalue weighted by molar-refractivity contribution is 0.187. The van der Waals surface area contributed by atoms with Gasteiger partial charge in [-0.2, -0.15) is 4.98 Å². The van der Waals surface area contributed by atoms with Crippen molar-refractivity contribution < 1.29 is 9.26 Å². The number of methoxy groups -OCH3 is 1. The fourth-order valence-electron chi connectivity index (χ4n) is 3.95. The molecule has 3 aromatic heterocycles. The number of nitrogens with two attached hydrogens (primary N) is 1. The summed E-state index contributed by atoms with van der Waals surface area (Å²) < 4.78 is 12.6. The van der Waals surface area contributed by atoms with Gasteiger partial charge in [-0.1, -0.05) is 35.8 Å². The minimum atomic E-state index is -0.226. The van der Waals surface area contributed by atoms with Crippen LogP contribution in [0.1, 0.15) is 30.7 Å². The summed E-state index contributed by atoms with van der Waals surface area (Å²) in [5.41, 5.74) is 9.17. The molecule has 1 aromatic carbocycles. The first kappa shape index (κ1) is 19.4. The molecule has 5 rings (SSSR count). The first-order chi connectivity index (χ1) is 15.2. The summed E-state index contributed by atoms with van der Waals surface area (Å²) in [7, 11) is 1.68. The molecule has 0 radical (unpaired) electrons. The molecule has 1 fully saturated rings. The zero-order valence-corrected chi connectivity index (χ0v) is 17.2. The molecule has 0 amide bonds. The van der Waals surface area contributed by atoms with E-state index < -0.39 is 0 Å². The SMILES string of the molecule is COCCn1cnc(-c2nc(C3(c4ccc(-c5cnc(N)nc5)cc4)CCC3)no2)c1. The molecule has 0 atom stereocenters. The second-order valence-electron chi connectivity index (χ2n) is 7.76. The number of nitrogens with zero attached hydrogens (tertiary/aromatic N) is 6. The molecule has 9 nitrogen and oxygen atoms in total. The van der Waals surface area contributed by atoms with Crippen molar-refractivity contribution in [1.82, 2.24) is 29.7 Å². The molecule has 3 heterocycles. The van der Waals surface area contributed by atoms with E-state index in [2.05, 4.69) is 44.4 Å². The smallest absolute Gasteiger partial charge is 0.278 e. The molecule has 0 unspecified atom stereocenters. The summed E-state index contributed by atoms with van der Waals surface area (Å²) in [5, 5.41) is 4.33. The van der Waals surface area contributed by atoms with Gasteiger partial charge in [0.25, 0.3) is 5.89 Å². The van der Waals surface area contributed by atoms with Gasteiger partial charge in [0.2, 0.25) is 5.95 Å². The standard InChI is InChI=1S/C22H23N7O2/c1-30-10-9-29-13-18(26-14-29)19-27-20(28-31-19)22(7-2-8-22)17-5-3-15(4-6-17)16-11-24-21(23)25-12-16/h3-6,11-14H,2,7-10H2,1H3,(H2,23,24,25). The maximum absolute atomic E-state index is 5.59. The Hall–Kier alpha value is -3.59. The fraction of sp³-hybridized carbons (Fsp3) is 0.318. The highest BCUT2D eigenvalue weighted by Crippen LogP contribution is 2.48. The van der Waals surface area contributed by atoms with Crippen molar-refractivity contribution in [2.75, 3.05) is 19.5 Å². The third kappa shape index (κ3) is 3.57. The van der Waals surface area contributed by atoms with Crippen LogP contribution in [0.2, 0.25) is 0 Å². The molecular formula is C22H23N7O2. The Kier molecular flexibility index (Phi) is 4.95. The van der Waals surface area contributed by atoms with E-state index in [1.807, 2.05) is 10.8 Å². The van der Waals surface area contributed by atoms with Crippen LogP contribution in [0.5, 0.6) is 0 Å². The quantitative estimate of drug-likeness (QED) is 0.487. The lowest BCUT2D eigenvalue weighted by Gasteiger charge is -2.39. The monoisotopic (exact) mass is 417 g/mol. The highest BCUT2D eigenvalue weighted by Gasteiger charge is 2.44. The average Bonchev–Trinajstić information content (AvgIpc) is 3.43. The topological polar surface area (TPSA) is 118 Å². The van der Waals surface area contributed by atoms with Crippen LogP contribution < -0.4 is 5.73 Å². The van der Waals surface area contributed by atoms with Gasteiger partial charge in [0.1, 0.15) is 5.69 Å². The molecule has 1 aliphatic carbocycles. The van der Waals surface area contributed by atoms with Gasteiger partial charge in [-0.15, -0.1) is 0 Å². The number of benzene rings is 1. The van der Waals surface area contributed by atoms with Gasteiger partial charge in [-0.3, -0.25) is 0 Å². The third-order valence-corrected chi connectivity index (χ3v) is 5.91. The molecule has 158 valence electrons. The Morgan fingerprint density at radius 2 is 1.87 bits per heavy atom. The molecule has 31 heavy (non-hydrogen) atoms. The van der Waals surface area contributed by atoms with Crippen LogP contribution in [0.3, 0.4) is 0 Å². The van der Waals surface area contributed by atoms with E-state index >= 15 is 0 Å².